The molecule has 1 aromatic heterocycles. The van der Waals surface area contributed by atoms with Crippen molar-refractivity contribution in [3.8, 4) is 17.6 Å². The van der Waals surface area contributed by atoms with Crippen LogP contribution in [0.2, 0.25) is 0 Å². The third-order valence-electron chi connectivity index (χ3n) is 10.7. The van der Waals surface area contributed by atoms with E-state index in [0.717, 1.165) is 16.7 Å². The molecule has 0 aliphatic carbocycles. The Bertz CT molecular complexity index is 2050. The molecule has 1 unspecified atom stereocenters. The average molecular weight is 801 g/mol. The number of rotatable bonds is 17. The van der Waals surface area contributed by atoms with E-state index < -0.39 is 42.8 Å². The van der Waals surface area contributed by atoms with Crippen molar-refractivity contribution in [2.75, 3.05) is 40.6 Å². The lowest BCUT2D eigenvalue weighted by molar-refractivity contribution is -0.231. The van der Waals surface area contributed by atoms with Gasteiger partial charge in [-0.1, -0.05) is 54.6 Å². The van der Waals surface area contributed by atoms with Gasteiger partial charge in [-0.2, -0.15) is 5.26 Å². The molecule has 0 spiro atoms. The Kier molecular flexibility index (Phi) is 13.4. The quantitative estimate of drug-likeness (QED) is 0.0671. The van der Waals surface area contributed by atoms with Gasteiger partial charge in [-0.3, -0.25) is 14.3 Å². The lowest BCUT2D eigenvalue weighted by Crippen LogP contribution is -2.62. The fraction of sp³-hybridized carbons (Fsp3) is 0.465. The van der Waals surface area contributed by atoms with Gasteiger partial charge in [-0.25, -0.2) is 9.46 Å². The first-order chi connectivity index (χ1) is 27.4. The largest absolute Gasteiger partial charge is 0.497 e. The van der Waals surface area contributed by atoms with Crippen molar-refractivity contribution in [1.82, 2.24) is 14.2 Å². The van der Waals surface area contributed by atoms with Gasteiger partial charge in [0, 0.05) is 43.3 Å². The first kappa shape index (κ1) is 42.2. The van der Waals surface area contributed by atoms with Crippen molar-refractivity contribution < 1.29 is 32.7 Å². The second-order valence-electron chi connectivity index (χ2n) is 15.0. The molecule has 304 valence electrons. The summed E-state index contributed by atoms with van der Waals surface area (Å²) >= 11 is 0. The maximum Gasteiger partial charge on any atom is 0.330 e. The van der Waals surface area contributed by atoms with Crippen LogP contribution in [0.15, 0.2) is 94.6 Å². The topological polar surface area (TPSA) is 146 Å². The van der Waals surface area contributed by atoms with Crippen LogP contribution in [-0.2, 0) is 28.9 Å². The number of hydrogen-bond acceptors (Lipinski definition) is 11. The Balaban J connectivity index is 1.54. The highest BCUT2D eigenvalue weighted by Gasteiger charge is 2.65. The molecule has 3 heterocycles. The molecule has 0 amide bonds. The highest BCUT2D eigenvalue weighted by atomic mass is 31.2. The van der Waals surface area contributed by atoms with Crippen LogP contribution in [0.1, 0.15) is 75.4 Å². The Morgan fingerprint density at radius 3 is 2.11 bits per heavy atom. The van der Waals surface area contributed by atoms with Crippen molar-refractivity contribution in [2.24, 2.45) is 0 Å². The SMILES string of the molecule is COc1ccc(C(OC[C@]23COCC[C@]2(OP(OCCC#N)N(C(C)C)C(C)C)C[C@H](n2cc(C)c(=O)[nH]c2=O)O3)(c2ccccc2)c2ccc(OC)cc2)cc1. The maximum absolute atomic E-state index is 13.5. The minimum atomic E-state index is -1.78. The Morgan fingerprint density at radius 2 is 1.54 bits per heavy atom. The summed E-state index contributed by atoms with van der Waals surface area (Å²) in [6.07, 6.45) is 1.45. The predicted molar refractivity (Wildman–Crippen MR) is 216 cm³/mol. The van der Waals surface area contributed by atoms with Gasteiger partial charge in [0.15, 0.2) is 0 Å². The van der Waals surface area contributed by atoms with Crippen molar-refractivity contribution in [3.63, 3.8) is 0 Å². The molecule has 2 fully saturated rings. The fourth-order valence-corrected chi connectivity index (χ4v) is 9.82. The number of benzene rings is 3. The van der Waals surface area contributed by atoms with Crippen LogP contribution in [-0.4, -0.2) is 78.2 Å². The van der Waals surface area contributed by atoms with E-state index in [9.17, 15) is 14.9 Å². The third kappa shape index (κ3) is 8.45. The molecule has 0 saturated carbocycles. The lowest BCUT2D eigenvalue weighted by Gasteiger charge is -2.50. The molecule has 13 nitrogen and oxygen atoms in total. The highest BCUT2D eigenvalue weighted by molar-refractivity contribution is 7.44. The number of aromatic amines is 1. The van der Waals surface area contributed by atoms with E-state index in [1.165, 1.54) is 10.8 Å². The van der Waals surface area contributed by atoms with Gasteiger partial charge in [0.2, 0.25) is 0 Å². The van der Waals surface area contributed by atoms with E-state index in [4.69, 9.17) is 32.7 Å². The van der Waals surface area contributed by atoms with Gasteiger partial charge < -0.3 is 32.7 Å². The van der Waals surface area contributed by atoms with E-state index in [2.05, 4.69) is 43.4 Å². The third-order valence-corrected chi connectivity index (χ3v) is 13.0. The summed E-state index contributed by atoms with van der Waals surface area (Å²) in [4.78, 5) is 28.5. The Labute approximate surface area is 335 Å². The zero-order valence-corrected chi connectivity index (χ0v) is 34.6. The summed E-state index contributed by atoms with van der Waals surface area (Å²) < 4.78 is 49.5. The number of nitrogens with zero attached hydrogens (tertiary/aromatic N) is 3. The number of aromatic nitrogens is 2. The Hall–Kier alpha value is -4.38. The lowest BCUT2D eigenvalue weighted by atomic mass is 9.77. The summed E-state index contributed by atoms with van der Waals surface area (Å²) in [6.45, 7) is 10.5. The van der Waals surface area contributed by atoms with Gasteiger partial charge in [-0.05, 0) is 75.6 Å². The molecule has 0 radical (unpaired) electrons. The highest BCUT2D eigenvalue weighted by Crippen LogP contribution is 2.60. The van der Waals surface area contributed by atoms with Gasteiger partial charge in [0.05, 0.1) is 46.5 Å². The molecule has 4 aromatic rings. The van der Waals surface area contributed by atoms with E-state index in [-0.39, 0.29) is 44.7 Å². The molecule has 1 N–H and O–H groups in total. The number of methoxy groups -OCH3 is 2. The van der Waals surface area contributed by atoms with Crippen molar-refractivity contribution in [1.29, 1.82) is 5.26 Å². The summed E-state index contributed by atoms with van der Waals surface area (Å²) in [5, 5.41) is 9.46. The number of nitriles is 1. The van der Waals surface area contributed by atoms with E-state index in [1.54, 1.807) is 21.1 Å². The monoisotopic (exact) mass is 800 g/mol. The van der Waals surface area contributed by atoms with Crippen LogP contribution in [0.4, 0.5) is 0 Å². The second kappa shape index (κ2) is 18.0. The molecule has 2 aliphatic heterocycles. The van der Waals surface area contributed by atoms with E-state index in [0.29, 0.717) is 30.1 Å². The van der Waals surface area contributed by atoms with Gasteiger partial charge in [0.25, 0.3) is 14.1 Å². The second-order valence-corrected chi connectivity index (χ2v) is 16.4. The number of nitrogens with one attached hydrogen (secondary N) is 1. The molecule has 3 aromatic carbocycles. The van der Waals surface area contributed by atoms with Crippen molar-refractivity contribution in [3.05, 3.63) is 128 Å². The zero-order chi connectivity index (χ0) is 40.8. The number of hydrogen-bond donors (Lipinski definition) is 1. The van der Waals surface area contributed by atoms with E-state index in [1.807, 2.05) is 78.9 Å². The number of aryl methyl sites for hydroxylation is 1. The molecule has 2 aliphatic rings. The minimum absolute atomic E-state index is 0.0264. The van der Waals surface area contributed by atoms with Crippen LogP contribution >= 0.6 is 8.53 Å². The van der Waals surface area contributed by atoms with E-state index >= 15 is 0 Å². The number of H-pyrrole nitrogens is 1. The summed E-state index contributed by atoms with van der Waals surface area (Å²) in [7, 11) is 1.47. The van der Waals surface area contributed by atoms with Crippen molar-refractivity contribution in [2.45, 2.75) is 89.0 Å². The van der Waals surface area contributed by atoms with Crippen LogP contribution in [0.25, 0.3) is 0 Å². The molecule has 14 heteroatoms. The van der Waals surface area contributed by atoms with Gasteiger partial charge >= 0.3 is 5.69 Å². The average Bonchev–Trinajstić information content (AvgIpc) is 3.54. The minimum Gasteiger partial charge on any atom is -0.497 e. The standard InChI is InChI=1S/C43H53N4O9P/c1-30(2)47(31(3)4)57(54-24-11-23-44)56-41-22-25-52-28-42(41,55-38(26-41)46-27-32(5)39(48)45-40(46)49)29-53-43(33-12-9-8-10-13-33,34-14-18-36(50-6)19-15-34)35-16-20-37(51-7)21-17-35/h8-10,12-21,27,30-31,38H,11,22,24-26,28-29H2,1-7H3,(H,45,48,49)/t38-,41+,42-,57?/m1/s1. The molecule has 4 atom stereocenters. The van der Waals surface area contributed by atoms with Crippen LogP contribution in [0.3, 0.4) is 0 Å². The normalized spacial score (nSPS) is 21.4. The molecule has 57 heavy (non-hydrogen) atoms. The predicted octanol–water partition coefficient (Wildman–Crippen LogP) is 6.98. The van der Waals surface area contributed by atoms with Gasteiger partial charge in [0.1, 0.15) is 34.5 Å². The van der Waals surface area contributed by atoms with Crippen LogP contribution in [0, 0.1) is 18.3 Å². The fourth-order valence-electron chi connectivity index (χ4n) is 7.91. The van der Waals surface area contributed by atoms with Crippen LogP contribution in [0.5, 0.6) is 11.5 Å². The first-order valence-corrected chi connectivity index (χ1v) is 20.4. The van der Waals surface area contributed by atoms with Crippen molar-refractivity contribution >= 4 is 8.53 Å². The molecule has 6 rings (SSSR count). The maximum atomic E-state index is 13.5. The number of fused-ring (bicyclic) bond motifs is 1. The zero-order valence-electron chi connectivity index (χ0n) is 33.7. The smallest absolute Gasteiger partial charge is 0.330 e. The first-order valence-electron chi connectivity index (χ1n) is 19.3. The molecule has 0 bridgehead atoms. The Morgan fingerprint density at radius 1 is 0.947 bits per heavy atom. The molecular formula is C43H53N4O9P. The summed E-state index contributed by atoms with van der Waals surface area (Å²) in [5.41, 5.74) is -1.84. The molecular weight excluding hydrogens is 747 g/mol. The van der Waals surface area contributed by atoms with Crippen LogP contribution < -0.4 is 20.7 Å². The molecule has 2 saturated heterocycles. The summed E-state index contributed by atoms with van der Waals surface area (Å²) in [6, 6.07) is 27.8. The summed E-state index contributed by atoms with van der Waals surface area (Å²) in [5.74, 6) is 1.38. The van der Waals surface area contributed by atoms with Gasteiger partial charge in [-0.15, -0.1) is 0 Å². The number of ether oxygens (including phenoxy) is 5.